The first-order valence-electron chi connectivity index (χ1n) is 12.6. The van der Waals surface area contributed by atoms with Crippen molar-refractivity contribution in [1.29, 1.82) is 0 Å². The Balaban J connectivity index is 1.41. The molecule has 4 aromatic rings. The Morgan fingerprint density at radius 3 is 1.74 bits per heavy atom. The fourth-order valence-corrected chi connectivity index (χ4v) is 6.75. The van der Waals surface area contributed by atoms with Crippen LogP contribution in [0.5, 0.6) is 0 Å². The van der Waals surface area contributed by atoms with Crippen LogP contribution >= 0.6 is 0 Å². The summed E-state index contributed by atoms with van der Waals surface area (Å²) < 4.78 is 0. The number of benzene rings is 4. The van der Waals surface area contributed by atoms with Crippen LogP contribution in [0.15, 0.2) is 102 Å². The summed E-state index contributed by atoms with van der Waals surface area (Å²) in [5.74, 6) is 0. The first-order chi connectivity index (χ1) is 16.8. The van der Waals surface area contributed by atoms with Gasteiger partial charge in [0.05, 0.1) is 0 Å². The zero-order chi connectivity index (χ0) is 22.7. The highest BCUT2D eigenvalue weighted by molar-refractivity contribution is 5.79. The molecule has 0 unspecified atom stereocenters. The van der Waals surface area contributed by atoms with Crippen molar-refractivity contribution in [3.8, 4) is 11.1 Å². The Morgan fingerprint density at radius 1 is 0.559 bits per heavy atom. The number of fused-ring (bicyclic) bond motifs is 5. The van der Waals surface area contributed by atoms with Gasteiger partial charge in [0.15, 0.2) is 0 Å². The van der Waals surface area contributed by atoms with Crippen molar-refractivity contribution < 1.29 is 0 Å². The third-order valence-corrected chi connectivity index (χ3v) is 8.44. The van der Waals surface area contributed by atoms with Gasteiger partial charge in [-0.1, -0.05) is 121 Å². The van der Waals surface area contributed by atoms with Crippen LogP contribution in [-0.2, 0) is 24.7 Å². The van der Waals surface area contributed by atoms with Gasteiger partial charge in [0.25, 0.3) is 0 Å². The predicted octanol–water partition coefficient (Wildman–Crippen LogP) is 8.19. The minimum atomic E-state index is -0.0815. The van der Waals surface area contributed by atoms with E-state index in [0.717, 1.165) is 25.7 Å². The molecule has 0 saturated heterocycles. The van der Waals surface area contributed by atoms with Crippen LogP contribution in [0.25, 0.3) is 23.3 Å². The van der Waals surface area contributed by atoms with Crippen molar-refractivity contribution in [2.24, 2.45) is 0 Å². The van der Waals surface area contributed by atoms with E-state index in [2.05, 4.69) is 110 Å². The lowest BCUT2D eigenvalue weighted by atomic mass is 9.65. The zero-order valence-corrected chi connectivity index (χ0v) is 19.6. The lowest BCUT2D eigenvalue weighted by Crippen LogP contribution is -2.31. The maximum Gasteiger partial charge on any atom is 0.0381 e. The summed E-state index contributed by atoms with van der Waals surface area (Å²) in [6, 6.07) is 34.1. The highest BCUT2D eigenvalue weighted by atomic mass is 14.4. The molecule has 0 saturated carbocycles. The lowest BCUT2D eigenvalue weighted by molar-refractivity contribution is 0.554. The van der Waals surface area contributed by atoms with E-state index in [4.69, 9.17) is 0 Å². The monoisotopic (exact) mass is 436 g/mol. The molecule has 0 atom stereocenters. The van der Waals surface area contributed by atoms with E-state index in [1.807, 2.05) is 0 Å². The summed E-state index contributed by atoms with van der Waals surface area (Å²) in [6.45, 7) is 2.38. The van der Waals surface area contributed by atoms with Crippen LogP contribution in [0.2, 0.25) is 0 Å². The van der Waals surface area contributed by atoms with E-state index in [-0.39, 0.29) is 5.41 Å². The minimum Gasteiger partial charge on any atom is -0.0639 e. The first kappa shape index (κ1) is 19.8. The molecule has 0 aromatic heterocycles. The number of allylic oxidation sites excluding steroid dienone is 2. The Bertz CT molecular complexity index is 1450. The SMILES string of the molecule is CCC(C1=Cc2ccccc2C1)(C1=Cc2ccccc2C1)c1ccc2c(c1)Cc1ccccc1-2. The molecular formula is C34H28. The largest absolute Gasteiger partial charge is 0.0639 e. The van der Waals surface area contributed by atoms with Crippen LogP contribution < -0.4 is 0 Å². The number of hydrogen-bond donors (Lipinski definition) is 0. The molecule has 34 heavy (non-hydrogen) atoms. The van der Waals surface area contributed by atoms with Gasteiger partial charge in [-0.25, -0.2) is 0 Å². The predicted molar refractivity (Wildman–Crippen MR) is 143 cm³/mol. The Morgan fingerprint density at radius 2 is 1.12 bits per heavy atom. The molecule has 0 fully saturated rings. The summed E-state index contributed by atoms with van der Waals surface area (Å²) in [4.78, 5) is 0. The molecule has 3 aliphatic carbocycles. The van der Waals surface area contributed by atoms with Crippen molar-refractivity contribution in [2.45, 2.75) is 38.0 Å². The number of rotatable bonds is 4. The molecule has 4 aromatic carbocycles. The molecule has 0 heterocycles. The quantitative estimate of drug-likeness (QED) is 0.266. The van der Waals surface area contributed by atoms with Crippen molar-refractivity contribution in [3.05, 3.63) is 141 Å². The van der Waals surface area contributed by atoms with E-state index in [9.17, 15) is 0 Å². The summed E-state index contributed by atoms with van der Waals surface area (Å²) >= 11 is 0. The molecule has 0 N–H and O–H groups in total. The molecule has 0 nitrogen and oxygen atoms in total. The van der Waals surface area contributed by atoms with Gasteiger partial charge in [-0.2, -0.15) is 0 Å². The van der Waals surface area contributed by atoms with Gasteiger partial charge in [0.2, 0.25) is 0 Å². The Labute approximate surface area is 202 Å². The van der Waals surface area contributed by atoms with E-state index >= 15 is 0 Å². The van der Waals surface area contributed by atoms with Gasteiger partial charge < -0.3 is 0 Å². The third-order valence-electron chi connectivity index (χ3n) is 8.44. The molecule has 3 aliphatic rings. The maximum atomic E-state index is 2.53. The van der Waals surface area contributed by atoms with Crippen molar-refractivity contribution >= 4 is 12.2 Å². The molecular weight excluding hydrogens is 408 g/mol. The fraction of sp³-hybridized carbons (Fsp3) is 0.176. The summed E-state index contributed by atoms with van der Waals surface area (Å²) in [6.07, 6.45) is 9.16. The molecule has 7 rings (SSSR count). The van der Waals surface area contributed by atoms with Crippen molar-refractivity contribution in [3.63, 3.8) is 0 Å². The summed E-state index contributed by atoms with van der Waals surface area (Å²) in [5.41, 5.74) is 15.9. The normalized spacial score (nSPS) is 15.3. The van der Waals surface area contributed by atoms with E-state index in [1.165, 1.54) is 50.1 Å². The van der Waals surface area contributed by atoms with Gasteiger partial charge >= 0.3 is 0 Å². The lowest BCUT2D eigenvalue weighted by Gasteiger charge is -2.38. The summed E-state index contributed by atoms with van der Waals surface area (Å²) in [7, 11) is 0. The van der Waals surface area contributed by atoms with Crippen LogP contribution in [0.1, 0.15) is 52.3 Å². The molecule has 0 amide bonds. The second-order valence-electron chi connectivity index (χ2n) is 10.1. The Hall–Kier alpha value is -3.64. The standard InChI is InChI=1S/C34H28/c1-2-34(30-18-23-9-3-4-10-24(23)19-30,31-20-25-11-5-6-12-26(25)21-31)29-15-16-33-28(22-29)17-27-13-7-8-14-32(27)33/h3-16,18,20,22H,2,17,19,21H2,1H3. The first-order valence-corrected chi connectivity index (χ1v) is 12.6. The molecule has 0 aliphatic heterocycles. The fourth-order valence-electron chi connectivity index (χ4n) is 6.75. The molecule has 164 valence electrons. The zero-order valence-electron chi connectivity index (χ0n) is 19.6. The van der Waals surface area contributed by atoms with E-state index in [0.29, 0.717) is 0 Å². The van der Waals surface area contributed by atoms with Crippen molar-refractivity contribution in [2.75, 3.05) is 0 Å². The highest BCUT2D eigenvalue weighted by Gasteiger charge is 2.41. The van der Waals surface area contributed by atoms with Crippen LogP contribution in [0, 0.1) is 0 Å². The topological polar surface area (TPSA) is 0 Å². The van der Waals surface area contributed by atoms with E-state index < -0.39 is 0 Å². The smallest absolute Gasteiger partial charge is 0.0381 e. The van der Waals surface area contributed by atoms with Gasteiger partial charge in [0, 0.05) is 5.41 Å². The van der Waals surface area contributed by atoms with E-state index in [1.54, 1.807) is 11.1 Å². The molecule has 0 radical (unpaired) electrons. The van der Waals surface area contributed by atoms with Gasteiger partial charge in [0.1, 0.15) is 0 Å². The second kappa shape index (κ2) is 7.43. The summed E-state index contributed by atoms with van der Waals surface area (Å²) in [5, 5.41) is 0. The van der Waals surface area contributed by atoms with Crippen LogP contribution in [-0.4, -0.2) is 0 Å². The Kier molecular flexibility index (Phi) is 4.33. The maximum absolute atomic E-state index is 2.53. The van der Waals surface area contributed by atoms with Gasteiger partial charge in [-0.15, -0.1) is 0 Å². The third kappa shape index (κ3) is 2.78. The molecule has 0 bridgehead atoms. The van der Waals surface area contributed by atoms with Crippen LogP contribution in [0.3, 0.4) is 0 Å². The number of hydrogen-bond acceptors (Lipinski definition) is 0. The second-order valence-corrected chi connectivity index (χ2v) is 10.1. The van der Waals surface area contributed by atoms with Crippen LogP contribution in [0.4, 0.5) is 0 Å². The van der Waals surface area contributed by atoms with Gasteiger partial charge in [-0.3, -0.25) is 0 Å². The highest BCUT2D eigenvalue weighted by Crippen LogP contribution is 2.51. The van der Waals surface area contributed by atoms with Gasteiger partial charge in [-0.05, 0) is 75.8 Å². The molecule has 0 spiro atoms. The molecule has 0 heteroatoms. The minimum absolute atomic E-state index is 0.0815. The van der Waals surface area contributed by atoms with Crippen molar-refractivity contribution in [1.82, 2.24) is 0 Å². The average molecular weight is 437 g/mol. The average Bonchev–Trinajstić information content (AvgIpc) is 3.59.